The maximum absolute atomic E-state index is 12.6. The van der Waals surface area contributed by atoms with Gasteiger partial charge in [0.15, 0.2) is 0 Å². The molecule has 5 nitrogen and oxygen atoms in total. The zero-order chi connectivity index (χ0) is 20.6. The average molecular weight is 408 g/mol. The summed E-state index contributed by atoms with van der Waals surface area (Å²) >= 11 is 6.10. The zero-order valence-electron chi connectivity index (χ0n) is 16.1. The maximum atomic E-state index is 12.6. The van der Waals surface area contributed by atoms with E-state index < -0.39 is 0 Å². The lowest BCUT2D eigenvalue weighted by molar-refractivity contribution is -0.115. The Hall–Kier alpha value is -3.15. The van der Waals surface area contributed by atoms with Gasteiger partial charge >= 0.3 is 0 Å². The summed E-state index contributed by atoms with van der Waals surface area (Å²) in [5.74, 6) is -0.284. The highest BCUT2D eigenvalue weighted by atomic mass is 35.5. The molecule has 0 fully saturated rings. The van der Waals surface area contributed by atoms with Gasteiger partial charge in [-0.05, 0) is 48.0 Å². The zero-order valence-corrected chi connectivity index (χ0v) is 16.8. The normalized spacial score (nSPS) is 10.4. The molecule has 0 aliphatic carbocycles. The molecule has 2 N–H and O–H groups in total. The monoisotopic (exact) mass is 407 g/mol. The number of halogens is 1. The lowest BCUT2D eigenvalue weighted by Crippen LogP contribution is -2.28. The predicted molar refractivity (Wildman–Crippen MR) is 117 cm³/mol. The SMILES string of the molecule is CN(C(=O)c1ccc(NC(=O)CNCc2ccccc2Cl)cc1)c1ccccc1. The first-order valence-corrected chi connectivity index (χ1v) is 9.59. The molecule has 0 atom stereocenters. The van der Waals surface area contributed by atoms with Crippen molar-refractivity contribution < 1.29 is 9.59 Å². The minimum Gasteiger partial charge on any atom is -0.325 e. The largest absolute Gasteiger partial charge is 0.325 e. The molecule has 0 radical (unpaired) electrons. The van der Waals surface area contributed by atoms with E-state index in [2.05, 4.69) is 10.6 Å². The minimum absolute atomic E-state index is 0.115. The van der Waals surface area contributed by atoms with Crippen molar-refractivity contribution >= 4 is 34.8 Å². The third-order valence-electron chi connectivity index (χ3n) is 4.42. The number of carbonyl (C=O) groups excluding carboxylic acids is 2. The summed E-state index contributed by atoms with van der Waals surface area (Å²) in [5.41, 5.74) is 2.94. The van der Waals surface area contributed by atoms with Gasteiger partial charge in [0.25, 0.3) is 5.91 Å². The summed E-state index contributed by atoms with van der Waals surface area (Å²) in [4.78, 5) is 26.3. The number of hydrogen-bond acceptors (Lipinski definition) is 3. The Balaban J connectivity index is 1.51. The maximum Gasteiger partial charge on any atom is 0.258 e. The fourth-order valence-electron chi connectivity index (χ4n) is 2.82. The molecule has 3 rings (SSSR count). The topological polar surface area (TPSA) is 61.4 Å². The molecule has 0 saturated heterocycles. The van der Waals surface area contributed by atoms with Gasteiger partial charge in [-0.1, -0.05) is 48.0 Å². The highest BCUT2D eigenvalue weighted by molar-refractivity contribution is 6.31. The molecule has 0 bridgehead atoms. The van der Waals surface area contributed by atoms with Crippen molar-refractivity contribution in [3.8, 4) is 0 Å². The Morgan fingerprint density at radius 3 is 2.24 bits per heavy atom. The molecule has 148 valence electrons. The van der Waals surface area contributed by atoms with E-state index in [1.165, 1.54) is 0 Å². The molecule has 0 unspecified atom stereocenters. The average Bonchev–Trinajstić information content (AvgIpc) is 2.75. The Morgan fingerprint density at radius 2 is 1.55 bits per heavy atom. The second-order valence-electron chi connectivity index (χ2n) is 6.52. The van der Waals surface area contributed by atoms with Gasteiger partial charge in [0.2, 0.25) is 5.91 Å². The van der Waals surface area contributed by atoms with Gasteiger partial charge in [-0.15, -0.1) is 0 Å². The van der Waals surface area contributed by atoms with Gasteiger partial charge in [-0.3, -0.25) is 9.59 Å². The third-order valence-corrected chi connectivity index (χ3v) is 4.79. The van der Waals surface area contributed by atoms with E-state index in [9.17, 15) is 9.59 Å². The molecule has 6 heteroatoms. The number of benzene rings is 3. The van der Waals surface area contributed by atoms with Crippen LogP contribution in [-0.2, 0) is 11.3 Å². The fourth-order valence-corrected chi connectivity index (χ4v) is 3.02. The van der Waals surface area contributed by atoms with Gasteiger partial charge in [0.1, 0.15) is 0 Å². The number of nitrogens with zero attached hydrogens (tertiary/aromatic N) is 1. The molecule has 3 aromatic carbocycles. The quantitative estimate of drug-likeness (QED) is 0.612. The molecule has 0 aromatic heterocycles. The smallest absolute Gasteiger partial charge is 0.258 e. The Morgan fingerprint density at radius 1 is 0.897 bits per heavy atom. The number of hydrogen-bond donors (Lipinski definition) is 2. The van der Waals surface area contributed by atoms with Crippen molar-refractivity contribution in [2.45, 2.75) is 6.54 Å². The van der Waals surface area contributed by atoms with E-state index in [1.54, 1.807) is 36.2 Å². The van der Waals surface area contributed by atoms with E-state index in [4.69, 9.17) is 11.6 Å². The first kappa shape index (κ1) is 20.6. The standard InChI is InChI=1S/C23H22ClN3O2/c1-27(20-8-3-2-4-9-20)23(29)17-11-13-19(14-12-17)26-22(28)16-25-15-18-7-5-6-10-21(18)24/h2-14,25H,15-16H2,1H3,(H,26,28). The van der Waals surface area contributed by atoms with E-state index in [0.717, 1.165) is 11.3 Å². The molecule has 0 aliphatic rings. The number of para-hydroxylation sites is 1. The number of carbonyl (C=O) groups is 2. The Kier molecular flexibility index (Phi) is 7.00. The third kappa shape index (κ3) is 5.67. The van der Waals surface area contributed by atoms with Crippen LogP contribution in [0.1, 0.15) is 15.9 Å². The fraction of sp³-hybridized carbons (Fsp3) is 0.130. The summed E-state index contributed by atoms with van der Waals surface area (Å²) in [6.07, 6.45) is 0. The summed E-state index contributed by atoms with van der Waals surface area (Å²) in [6.45, 7) is 0.662. The van der Waals surface area contributed by atoms with Crippen LogP contribution < -0.4 is 15.5 Å². The van der Waals surface area contributed by atoms with Crippen LogP contribution in [0, 0.1) is 0 Å². The van der Waals surface area contributed by atoms with Crippen molar-refractivity contribution in [2.75, 3.05) is 23.8 Å². The van der Waals surface area contributed by atoms with Crippen molar-refractivity contribution in [1.29, 1.82) is 0 Å². The highest BCUT2D eigenvalue weighted by Crippen LogP contribution is 2.17. The van der Waals surface area contributed by atoms with Crippen LogP contribution in [0.15, 0.2) is 78.9 Å². The highest BCUT2D eigenvalue weighted by Gasteiger charge is 2.13. The number of nitrogens with one attached hydrogen (secondary N) is 2. The van der Waals surface area contributed by atoms with Gasteiger partial charge in [0.05, 0.1) is 6.54 Å². The van der Waals surface area contributed by atoms with Gasteiger partial charge in [-0.2, -0.15) is 0 Å². The molecule has 2 amide bonds. The predicted octanol–water partition coefficient (Wildman–Crippen LogP) is 4.34. The summed E-state index contributed by atoms with van der Waals surface area (Å²) in [6, 6.07) is 23.8. The number of rotatable bonds is 7. The lowest BCUT2D eigenvalue weighted by atomic mass is 10.1. The van der Waals surface area contributed by atoms with Crippen LogP contribution in [0.4, 0.5) is 11.4 Å². The minimum atomic E-state index is -0.169. The van der Waals surface area contributed by atoms with Crippen molar-refractivity contribution in [2.24, 2.45) is 0 Å². The van der Waals surface area contributed by atoms with Crippen LogP contribution >= 0.6 is 11.6 Å². The number of amides is 2. The summed E-state index contributed by atoms with van der Waals surface area (Å²) in [5, 5.41) is 6.55. The van der Waals surface area contributed by atoms with Crippen LogP contribution in [0.2, 0.25) is 5.02 Å². The molecule has 29 heavy (non-hydrogen) atoms. The summed E-state index contributed by atoms with van der Waals surface area (Å²) in [7, 11) is 1.73. The van der Waals surface area contributed by atoms with Crippen LogP contribution in [0.3, 0.4) is 0 Å². The van der Waals surface area contributed by atoms with E-state index in [0.29, 0.717) is 22.8 Å². The molecule has 0 saturated carbocycles. The van der Waals surface area contributed by atoms with Crippen LogP contribution in [-0.4, -0.2) is 25.4 Å². The first-order chi connectivity index (χ1) is 14.0. The van der Waals surface area contributed by atoms with Gasteiger partial charge in [0, 0.05) is 35.6 Å². The van der Waals surface area contributed by atoms with Gasteiger partial charge < -0.3 is 15.5 Å². The molecule has 3 aromatic rings. The van der Waals surface area contributed by atoms with Crippen molar-refractivity contribution in [1.82, 2.24) is 5.32 Å². The van der Waals surface area contributed by atoms with E-state index in [1.807, 2.05) is 54.6 Å². The van der Waals surface area contributed by atoms with E-state index >= 15 is 0 Å². The van der Waals surface area contributed by atoms with Crippen molar-refractivity contribution in [3.05, 3.63) is 95.0 Å². The molecular weight excluding hydrogens is 386 g/mol. The van der Waals surface area contributed by atoms with Crippen LogP contribution in [0.5, 0.6) is 0 Å². The second kappa shape index (κ2) is 9.87. The second-order valence-corrected chi connectivity index (χ2v) is 6.93. The van der Waals surface area contributed by atoms with Gasteiger partial charge in [-0.25, -0.2) is 0 Å². The Labute approximate surface area is 175 Å². The van der Waals surface area contributed by atoms with E-state index in [-0.39, 0.29) is 18.4 Å². The van der Waals surface area contributed by atoms with Crippen LogP contribution in [0.25, 0.3) is 0 Å². The number of anilines is 2. The first-order valence-electron chi connectivity index (χ1n) is 9.22. The van der Waals surface area contributed by atoms with Crippen molar-refractivity contribution in [3.63, 3.8) is 0 Å². The molecule has 0 aliphatic heterocycles. The lowest BCUT2D eigenvalue weighted by Gasteiger charge is -2.17. The molecular formula is C23H22ClN3O2. The summed E-state index contributed by atoms with van der Waals surface area (Å²) < 4.78 is 0. The molecule has 0 heterocycles. The Bertz CT molecular complexity index is 975. The molecule has 0 spiro atoms.